The van der Waals surface area contributed by atoms with Gasteiger partial charge in [-0.3, -0.25) is 4.79 Å². The normalized spacial score (nSPS) is 12.5. The molecular formula is C5H2F6O. The third-order valence-corrected chi connectivity index (χ3v) is 0.846. The van der Waals surface area contributed by atoms with Crippen molar-refractivity contribution in [2.24, 2.45) is 0 Å². The van der Waals surface area contributed by atoms with Gasteiger partial charge >= 0.3 is 12.4 Å². The van der Waals surface area contributed by atoms with Gasteiger partial charge in [0.15, 0.2) is 0 Å². The van der Waals surface area contributed by atoms with Crippen molar-refractivity contribution in [1.29, 1.82) is 0 Å². The zero-order valence-electron chi connectivity index (χ0n) is 5.33. The first kappa shape index (κ1) is 11.0. The summed E-state index contributed by atoms with van der Waals surface area (Å²) in [5, 5.41) is 0. The maximum absolute atomic E-state index is 11.5. The Labute approximate surface area is 62.7 Å². The fraction of sp³-hybridized carbons (Fsp3) is 0.400. The van der Waals surface area contributed by atoms with Crippen LogP contribution in [0.3, 0.4) is 0 Å². The maximum atomic E-state index is 11.5. The lowest BCUT2D eigenvalue weighted by molar-refractivity contribution is -0.172. The molecule has 0 saturated carbocycles. The van der Waals surface area contributed by atoms with E-state index in [2.05, 4.69) is 0 Å². The van der Waals surface area contributed by atoms with Gasteiger partial charge in [-0.05, 0) is 6.08 Å². The summed E-state index contributed by atoms with van der Waals surface area (Å²) < 4.78 is 68.7. The Bertz CT molecular complexity index is 181. The second kappa shape index (κ2) is 3.16. The van der Waals surface area contributed by atoms with Gasteiger partial charge in [-0.2, -0.15) is 26.3 Å². The summed E-state index contributed by atoms with van der Waals surface area (Å²) in [4.78, 5) is 9.43. The number of rotatable bonds is 1. The number of carbonyl (C=O) groups excluding carboxylic acids is 1. The summed E-state index contributed by atoms with van der Waals surface area (Å²) in [5.74, 6) is 0. The molecule has 0 fully saturated rings. The fourth-order valence-electron chi connectivity index (χ4n) is 0.418. The van der Waals surface area contributed by atoms with Crippen LogP contribution >= 0.6 is 0 Å². The molecule has 0 bridgehead atoms. The van der Waals surface area contributed by atoms with Gasteiger partial charge in [-0.15, -0.1) is 0 Å². The zero-order chi connectivity index (χ0) is 9.99. The summed E-state index contributed by atoms with van der Waals surface area (Å²) in [7, 11) is 0. The Morgan fingerprint density at radius 1 is 0.917 bits per heavy atom. The van der Waals surface area contributed by atoms with E-state index >= 15 is 0 Å². The lowest BCUT2D eigenvalue weighted by Gasteiger charge is -2.13. The topological polar surface area (TPSA) is 17.1 Å². The molecule has 0 aliphatic carbocycles. The Balaban J connectivity index is 4.95. The van der Waals surface area contributed by atoms with Crippen LogP contribution in [0.2, 0.25) is 0 Å². The molecule has 0 aromatic heterocycles. The second-order valence-corrected chi connectivity index (χ2v) is 1.71. The number of hydrogen-bond acceptors (Lipinski definition) is 1. The van der Waals surface area contributed by atoms with Crippen LogP contribution in [0, 0.1) is 0 Å². The number of hydrogen-bond donors (Lipinski definition) is 0. The van der Waals surface area contributed by atoms with Gasteiger partial charge in [-0.1, -0.05) is 0 Å². The van der Waals surface area contributed by atoms with Gasteiger partial charge < -0.3 is 0 Å². The minimum atomic E-state index is -5.54. The molecule has 12 heavy (non-hydrogen) atoms. The largest absolute Gasteiger partial charge is 0.421 e. The molecule has 0 spiro atoms. The van der Waals surface area contributed by atoms with Gasteiger partial charge in [0.2, 0.25) is 0 Å². The van der Waals surface area contributed by atoms with Crippen LogP contribution in [0.25, 0.3) is 0 Å². The van der Waals surface area contributed by atoms with Crippen molar-refractivity contribution in [2.45, 2.75) is 12.4 Å². The Kier molecular flexibility index (Phi) is 2.89. The van der Waals surface area contributed by atoms with E-state index in [0.717, 1.165) is 0 Å². The number of halogens is 6. The van der Waals surface area contributed by atoms with E-state index in [4.69, 9.17) is 0 Å². The standard InChI is InChI=1S/C5H2F6O/c6-4(7,8)3(1-2-12)5(9,10)11/h1-2H. The lowest BCUT2D eigenvalue weighted by Crippen LogP contribution is -2.26. The van der Waals surface area contributed by atoms with Crippen LogP contribution < -0.4 is 0 Å². The minimum absolute atomic E-state index is 0.556. The van der Waals surface area contributed by atoms with E-state index in [1.54, 1.807) is 0 Å². The van der Waals surface area contributed by atoms with Crippen molar-refractivity contribution in [3.63, 3.8) is 0 Å². The highest BCUT2D eigenvalue weighted by atomic mass is 19.4. The van der Waals surface area contributed by atoms with Gasteiger partial charge in [0, 0.05) is 0 Å². The highest BCUT2D eigenvalue weighted by Crippen LogP contribution is 2.37. The van der Waals surface area contributed by atoms with Crippen LogP contribution in [0.5, 0.6) is 0 Å². The van der Waals surface area contributed by atoms with Crippen molar-refractivity contribution in [1.82, 2.24) is 0 Å². The first-order valence-electron chi connectivity index (χ1n) is 2.49. The van der Waals surface area contributed by atoms with Gasteiger partial charge in [0.05, 0.1) is 0 Å². The number of aldehydes is 1. The van der Waals surface area contributed by atoms with E-state index in [1.165, 1.54) is 0 Å². The van der Waals surface area contributed by atoms with E-state index in [1.807, 2.05) is 0 Å². The van der Waals surface area contributed by atoms with Gasteiger partial charge in [0.1, 0.15) is 11.9 Å². The molecule has 0 N–H and O–H groups in total. The predicted molar refractivity (Wildman–Crippen MR) is 26.3 cm³/mol. The second-order valence-electron chi connectivity index (χ2n) is 1.71. The summed E-state index contributed by atoms with van der Waals surface area (Å²) in [6.07, 6.45) is -12.2. The summed E-state index contributed by atoms with van der Waals surface area (Å²) >= 11 is 0. The number of carbonyl (C=O) groups is 1. The van der Waals surface area contributed by atoms with Crippen molar-refractivity contribution < 1.29 is 31.1 Å². The molecule has 0 aromatic rings. The smallest absolute Gasteiger partial charge is 0.299 e. The highest BCUT2D eigenvalue weighted by molar-refractivity contribution is 5.67. The Hall–Kier alpha value is -1.01. The van der Waals surface area contributed by atoms with Crippen LogP contribution in [0.1, 0.15) is 0 Å². The first-order chi connectivity index (χ1) is 5.19. The SMILES string of the molecule is O=CC=C(C(F)(F)F)C(F)(F)F. The molecule has 0 atom stereocenters. The molecule has 0 radical (unpaired) electrons. The molecule has 0 aliphatic rings. The average molecular weight is 192 g/mol. The van der Waals surface area contributed by atoms with Crippen molar-refractivity contribution in [3.05, 3.63) is 11.6 Å². The molecule has 0 aromatic carbocycles. The zero-order valence-corrected chi connectivity index (χ0v) is 5.33. The Morgan fingerprint density at radius 3 is 1.33 bits per heavy atom. The highest BCUT2D eigenvalue weighted by Gasteiger charge is 2.50. The molecule has 0 amide bonds. The van der Waals surface area contributed by atoms with E-state index < -0.39 is 30.3 Å². The molecule has 0 heterocycles. The maximum Gasteiger partial charge on any atom is 0.421 e. The monoisotopic (exact) mass is 192 g/mol. The Morgan fingerprint density at radius 2 is 1.25 bits per heavy atom. The van der Waals surface area contributed by atoms with Gasteiger partial charge in [0.25, 0.3) is 0 Å². The number of allylic oxidation sites excluding steroid dienone is 2. The molecule has 0 saturated heterocycles. The number of alkyl halides is 6. The summed E-state index contributed by atoms with van der Waals surface area (Å²) in [6, 6.07) is 0. The average Bonchev–Trinajstić information content (AvgIpc) is 1.77. The third-order valence-electron chi connectivity index (χ3n) is 0.846. The molecule has 0 unspecified atom stereocenters. The third kappa shape index (κ3) is 2.93. The minimum Gasteiger partial charge on any atom is -0.299 e. The van der Waals surface area contributed by atoms with E-state index in [0.29, 0.717) is 0 Å². The van der Waals surface area contributed by atoms with Crippen LogP contribution in [0.15, 0.2) is 11.6 Å². The predicted octanol–water partition coefficient (Wildman–Crippen LogP) is 2.24. The van der Waals surface area contributed by atoms with Crippen LogP contribution in [-0.2, 0) is 4.79 Å². The molecular weight excluding hydrogens is 190 g/mol. The van der Waals surface area contributed by atoms with Crippen molar-refractivity contribution >= 4 is 6.29 Å². The first-order valence-corrected chi connectivity index (χ1v) is 2.49. The summed E-state index contributed by atoms with van der Waals surface area (Å²) in [5.41, 5.74) is -2.80. The quantitative estimate of drug-likeness (QED) is 0.353. The van der Waals surface area contributed by atoms with Crippen LogP contribution in [-0.4, -0.2) is 18.6 Å². The van der Waals surface area contributed by atoms with E-state index in [-0.39, 0.29) is 0 Å². The van der Waals surface area contributed by atoms with E-state index in [9.17, 15) is 31.1 Å². The fourth-order valence-corrected chi connectivity index (χ4v) is 0.418. The molecule has 0 rings (SSSR count). The summed E-state index contributed by atoms with van der Waals surface area (Å²) in [6.45, 7) is 0. The molecule has 70 valence electrons. The molecule has 0 aliphatic heterocycles. The van der Waals surface area contributed by atoms with Crippen LogP contribution in [0.4, 0.5) is 26.3 Å². The van der Waals surface area contributed by atoms with Gasteiger partial charge in [-0.25, -0.2) is 0 Å². The lowest BCUT2D eigenvalue weighted by atomic mass is 10.2. The molecule has 7 heteroatoms. The van der Waals surface area contributed by atoms with Crippen molar-refractivity contribution in [2.75, 3.05) is 0 Å². The van der Waals surface area contributed by atoms with Crippen molar-refractivity contribution in [3.8, 4) is 0 Å². The molecule has 1 nitrogen and oxygen atoms in total.